The van der Waals surface area contributed by atoms with Crippen LogP contribution in [0.5, 0.6) is 5.75 Å². The minimum Gasteiger partial charge on any atom is -0.457 e. The minimum atomic E-state index is -0.528. The highest BCUT2D eigenvalue weighted by Gasteiger charge is 2.28. The summed E-state index contributed by atoms with van der Waals surface area (Å²) in [7, 11) is 0. The Kier molecular flexibility index (Phi) is 7.07. The predicted molar refractivity (Wildman–Crippen MR) is 133 cm³/mol. The van der Waals surface area contributed by atoms with Crippen LogP contribution < -0.4 is 10.5 Å². The lowest BCUT2D eigenvalue weighted by Crippen LogP contribution is -2.26. The van der Waals surface area contributed by atoms with Gasteiger partial charge in [0.2, 0.25) is 5.91 Å². The summed E-state index contributed by atoms with van der Waals surface area (Å²) in [4.78, 5) is 30.7. The molecule has 2 amide bonds. The molecule has 174 valence electrons. The van der Waals surface area contributed by atoms with Gasteiger partial charge in [0.05, 0.1) is 11.3 Å². The second-order valence-corrected chi connectivity index (χ2v) is 8.52. The van der Waals surface area contributed by atoms with Crippen molar-refractivity contribution < 1.29 is 14.3 Å². The molecule has 0 bridgehead atoms. The van der Waals surface area contributed by atoms with Crippen LogP contribution in [0.4, 0.5) is 0 Å². The maximum Gasteiger partial charge on any atom is 0.250 e. The van der Waals surface area contributed by atoms with Crippen molar-refractivity contribution in [3.63, 3.8) is 0 Å². The Hall–Kier alpha value is -3.93. The molecule has 1 atom stereocenters. The molecule has 1 aromatic heterocycles. The molecule has 1 aliphatic heterocycles. The number of ether oxygens (including phenoxy) is 1. The van der Waals surface area contributed by atoms with Gasteiger partial charge < -0.3 is 15.4 Å². The smallest absolute Gasteiger partial charge is 0.250 e. The molecule has 2 heterocycles. The molecular formula is C28H29N3O3. The number of benzene rings is 1. The molecule has 1 aliphatic carbocycles. The van der Waals surface area contributed by atoms with Crippen molar-refractivity contribution in [3.05, 3.63) is 95.9 Å². The van der Waals surface area contributed by atoms with E-state index < -0.39 is 5.91 Å². The van der Waals surface area contributed by atoms with Crippen LogP contribution in [-0.2, 0) is 4.79 Å². The van der Waals surface area contributed by atoms with E-state index in [1.54, 1.807) is 11.0 Å². The molecule has 0 saturated carbocycles. The van der Waals surface area contributed by atoms with Crippen molar-refractivity contribution in [3.8, 4) is 17.0 Å². The first-order valence-electron chi connectivity index (χ1n) is 11.5. The fourth-order valence-corrected chi connectivity index (χ4v) is 4.28. The number of hydrogen-bond donors (Lipinski definition) is 1. The zero-order chi connectivity index (χ0) is 24.1. The summed E-state index contributed by atoms with van der Waals surface area (Å²) in [5, 5.41) is 0. The van der Waals surface area contributed by atoms with Gasteiger partial charge in [-0.15, -0.1) is 0 Å². The average Bonchev–Trinajstić information content (AvgIpc) is 3.31. The van der Waals surface area contributed by atoms with E-state index in [9.17, 15) is 9.59 Å². The lowest BCUT2D eigenvalue weighted by molar-refractivity contribution is -0.125. The number of nitrogens with two attached hydrogens (primary N) is 1. The normalized spacial score (nSPS) is 21.0. The van der Waals surface area contributed by atoms with Gasteiger partial charge in [-0.2, -0.15) is 0 Å². The second-order valence-electron chi connectivity index (χ2n) is 8.52. The van der Waals surface area contributed by atoms with Gasteiger partial charge >= 0.3 is 0 Å². The lowest BCUT2D eigenvalue weighted by Gasteiger charge is -2.16. The number of amides is 2. The van der Waals surface area contributed by atoms with Gasteiger partial charge in [-0.05, 0) is 80.3 Å². The van der Waals surface area contributed by atoms with E-state index in [-0.39, 0.29) is 11.8 Å². The first-order valence-corrected chi connectivity index (χ1v) is 11.5. The number of pyridine rings is 1. The standard InChI is InChI=1S/C28H29N3O3/c1-3-26(32)31-16-15-21(18-31)24-13-12-23(28(29)33)27(30-24)20-11-14-25(19(2)17-20)34-22-9-7-5-4-6-8-10-22/h3-5,7,9-14,17,21H,1,6,8,15-16,18H2,2H3,(H2,29,33)/b5-4+,9-7-,22-10+. The van der Waals surface area contributed by atoms with Crippen molar-refractivity contribution >= 4 is 11.8 Å². The maximum atomic E-state index is 12.2. The third-order valence-corrected chi connectivity index (χ3v) is 6.14. The zero-order valence-electron chi connectivity index (χ0n) is 19.4. The van der Waals surface area contributed by atoms with Crippen LogP contribution in [0.25, 0.3) is 11.3 Å². The molecule has 6 nitrogen and oxygen atoms in total. The number of primary amides is 1. The Labute approximate surface area is 200 Å². The molecule has 0 spiro atoms. The number of rotatable bonds is 6. The van der Waals surface area contributed by atoms with Gasteiger partial charge in [-0.1, -0.05) is 24.8 Å². The summed E-state index contributed by atoms with van der Waals surface area (Å²) >= 11 is 0. The van der Waals surface area contributed by atoms with Gasteiger partial charge in [-0.3, -0.25) is 14.6 Å². The van der Waals surface area contributed by atoms with E-state index in [0.717, 1.165) is 47.6 Å². The molecule has 1 fully saturated rings. The van der Waals surface area contributed by atoms with E-state index >= 15 is 0 Å². The average molecular weight is 456 g/mol. The number of likely N-dealkylation sites (tertiary alicyclic amines) is 1. The third kappa shape index (κ3) is 5.17. The first-order chi connectivity index (χ1) is 16.5. The van der Waals surface area contributed by atoms with Crippen molar-refractivity contribution in [2.75, 3.05) is 13.1 Å². The van der Waals surface area contributed by atoms with Crippen LogP contribution in [0, 0.1) is 6.92 Å². The van der Waals surface area contributed by atoms with E-state index in [0.29, 0.717) is 24.3 Å². The Morgan fingerprint density at radius 1 is 1.21 bits per heavy atom. The summed E-state index contributed by atoms with van der Waals surface area (Å²) in [6.45, 7) is 6.78. The number of aromatic nitrogens is 1. The third-order valence-electron chi connectivity index (χ3n) is 6.14. The topological polar surface area (TPSA) is 85.5 Å². The molecule has 4 rings (SSSR count). The number of allylic oxidation sites excluding steroid dienone is 5. The summed E-state index contributed by atoms with van der Waals surface area (Å²) < 4.78 is 6.12. The summed E-state index contributed by atoms with van der Waals surface area (Å²) in [6.07, 6.45) is 14.2. The van der Waals surface area contributed by atoms with Gasteiger partial charge in [0.1, 0.15) is 11.5 Å². The molecule has 6 heteroatoms. The first kappa shape index (κ1) is 23.2. The predicted octanol–water partition coefficient (Wildman–Crippen LogP) is 4.83. The monoisotopic (exact) mass is 455 g/mol. The summed E-state index contributed by atoms with van der Waals surface area (Å²) in [6, 6.07) is 9.32. The number of carbonyl (C=O) groups is 2. The molecule has 1 saturated heterocycles. The number of hydrogen-bond acceptors (Lipinski definition) is 4. The second kappa shape index (κ2) is 10.3. The van der Waals surface area contributed by atoms with E-state index in [1.165, 1.54) is 6.08 Å². The Morgan fingerprint density at radius 2 is 2.06 bits per heavy atom. The number of aryl methyl sites for hydroxylation is 1. The quantitative estimate of drug-likeness (QED) is 0.633. The summed E-state index contributed by atoms with van der Waals surface area (Å²) in [5.74, 6) is 1.04. The lowest BCUT2D eigenvalue weighted by atomic mass is 9.98. The fraction of sp³-hybridized carbons (Fsp3) is 0.250. The van der Waals surface area contributed by atoms with E-state index in [4.69, 9.17) is 15.5 Å². The highest BCUT2D eigenvalue weighted by atomic mass is 16.5. The Morgan fingerprint density at radius 3 is 2.82 bits per heavy atom. The van der Waals surface area contributed by atoms with Crippen LogP contribution in [-0.4, -0.2) is 34.8 Å². The van der Waals surface area contributed by atoms with Gasteiger partial charge in [-0.25, -0.2) is 0 Å². The van der Waals surface area contributed by atoms with Crippen LogP contribution in [0.15, 0.2) is 79.1 Å². The molecule has 2 N–H and O–H groups in total. The zero-order valence-corrected chi connectivity index (χ0v) is 19.4. The fourth-order valence-electron chi connectivity index (χ4n) is 4.28. The molecular weight excluding hydrogens is 426 g/mol. The number of carbonyl (C=O) groups excluding carboxylic acids is 2. The molecule has 2 aromatic rings. The maximum absolute atomic E-state index is 12.2. The highest BCUT2D eigenvalue weighted by molar-refractivity contribution is 5.99. The van der Waals surface area contributed by atoms with Crippen LogP contribution >= 0.6 is 0 Å². The molecule has 1 unspecified atom stereocenters. The molecule has 0 radical (unpaired) electrons. The van der Waals surface area contributed by atoms with Crippen LogP contribution in [0.1, 0.15) is 46.8 Å². The summed E-state index contributed by atoms with van der Waals surface area (Å²) in [5.41, 5.74) is 9.14. The molecule has 34 heavy (non-hydrogen) atoms. The largest absolute Gasteiger partial charge is 0.457 e. The highest BCUT2D eigenvalue weighted by Crippen LogP contribution is 2.32. The minimum absolute atomic E-state index is 0.0760. The van der Waals surface area contributed by atoms with Crippen molar-refractivity contribution in [1.82, 2.24) is 9.88 Å². The van der Waals surface area contributed by atoms with Gasteiger partial charge in [0, 0.05) is 30.3 Å². The Balaban J connectivity index is 1.62. The van der Waals surface area contributed by atoms with E-state index in [1.807, 2.05) is 49.4 Å². The number of nitrogens with zero attached hydrogens (tertiary/aromatic N) is 2. The van der Waals surface area contributed by atoms with Crippen LogP contribution in [0.3, 0.4) is 0 Å². The molecule has 1 aromatic carbocycles. The van der Waals surface area contributed by atoms with Gasteiger partial charge in [0.15, 0.2) is 0 Å². The van der Waals surface area contributed by atoms with Crippen molar-refractivity contribution in [2.24, 2.45) is 5.73 Å². The molecule has 2 aliphatic rings. The SMILES string of the molecule is C=CC(=O)N1CCC(c2ccc(C(N)=O)c(-c3ccc(OC4=C/CC/C=C/C=C\4)c(C)c3)n2)C1. The van der Waals surface area contributed by atoms with Crippen molar-refractivity contribution in [2.45, 2.75) is 32.1 Å². The van der Waals surface area contributed by atoms with Crippen LogP contribution in [0.2, 0.25) is 0 Å². The Bertz CT molecular complexity index is 1210. The van der Waals surface area contributed by atoms with Crippen molar-refractivity contribution in [1.29, 1.82) is 0 Å². The van der Waals surface area contributed by atoms with Gasteiger partial charge in [0.25, 0.3) is 5.91 Å². The van der Waals surface area contributed by atoms with E-state index in [2.05, 4.69) is 18.7 Å².